The number of aryl methyl sites for hydroxylation is 2. The van der Waals surface area contributed by atoms with Crippen molar-refractivity contribution < 1.29 is 13.7 Å². The molecule has 0 aliphatic carbocycles. The van der Waals surface area contributed by atoms with Crippen LogP contribution >= 0.6 is 0 Å². The second-order valence-corrected chi connectivity index (χ2v) is 6.28. The lowest BCUT2D eigenvalue weighted by Gasteiger charge is -2.23. The quantitative estimate of drug-likeness (QED) is 0.704. The lowest BCUT2D eigenvalue weighted by atomic mass is 10.1. The zero-order valence-electron chi connectivity index (χ0n) is 14.6. The Balaban J connectivity index is 1.57. The second-order valence-electron chi connectivity index (χ2n) is 6.28. The van der Waals surface area contributed by atoms with Crippen LogP contribution in [-0.2, 0) is 13.6 Å². The average molecular weight is 343 g/mol. The van der Waals surface area contributed by atoms with Crippen LogP contribution in [0.15, 0.2) is 27.5 Å². The maximum atomic E-state index is 5.57. The molecule has 0 unspecified atom stereocenters. The molecule has 1 aliphatic heterocycles. The van der Waals surface area contributed by atoms with Crippen molar-refractivity contribution in [2.24, 2.45) is 7.05 Å². The van der Waals surface area contributed by atoms with Gasteiger partial charge in [0.25, 0.3) is 0 Å². The van der Waals surface area contributed by atoms with Gasteiger partial charge >= 0.3 is 0 Å². The summed E-state index contributed by atoms with van der Waals surface area (Å²) in [5, 5.41) is 8.55. The van der Waals surface area contributed by atoms with Gasteiger partial charge in [0.15, 0.2) is 0 Å². The Bertz CT molecular complexity index is 852. The minimum atomic E-state index is 0.243. The van der Waals surface area contributed by atoms with Crippen LogP contribution in [0.25, 0.3) is 11.4 Å². The lowest BCUT2D eigenvalue weighted by molar-refractivity contribution is 0.208. The smallest absolute Gasteiger partial charge is 0.241 e. The molecule has 25 heavy (non-hydrogen) atoms. The fraction of sp³-hybridized carbons (Fsp3) is 0.471. The zero-order chi connectivity index (χ0) is 17.4. The van der Waals surface area contributed by atoms with Gasteiger partial charge in [-0.25, -0.2) is 4.68 Å². The van der Waals surface area contributed by atoms with E-state index in [9.17, 15) is 0 Å². The van der Waals surface area contributed by atoms with Crippen LogP contribution in [0.5, 0.6) is 5.88 Å². The minimum Gasteiger partial charge on any atom is -0.481 e. The molecule has 1 aliphatic rings. The van der Waals surface area contributed by atoms with Gasteiger partial charge in [-0.2, -0.15) is 10.1 Å². The third-order valence-electron chi connectivity index (χ3n) is 4.69. The molecular formula is C17H21N5O3. The SMILES string of the molecule is COc1c([C@H]2CCCN2Cc2nc(-c3ccoc3)no2)c(C)nn1C. The Morgan fingerprint density at radius 2 is 2.28 bits per heavy atom. The van der Waals surface area contributed by atoms with Crippen LogP contribution in [0.1, 0.15) is 36.0 Å². The second kappa shape index (κ2) is 6.36. The van der Waals surface area contributed by atoms with E-state index in [2.05, 4.69) is 20.1 Å². The molecule has 0 spiro atoms. The van der Waals surface area contributed by atoms with Gasteiger partial charge in [-0.05, 0) is 32.4 Å². The molecule has 0 N–H and O–H groups in total. The molecule has 1 atom stereocenters. The lowest BCUT2D eigenvalue weighted by Crippen LogP contribution is -2.23. The third-order valence-corrected chi connectivity index (χ3v) is 4.69. The molecule has 1 saturated heterocycles. The highest BCUT2D eigenvalue weighted by atomic mass is 16.5. The predicted molar refractivity (Wildman–Crippen MR) is 88.9 cm³/mol. The molecule has 3 aromatic rings. The van der Waals surface area contributed by atoms with Gasteiger partial charge in [0.05, 0.1) is 36.7 Å². The number of ether oxygens (including phenoxy) is 1. The van der Waals surface area contributed by atoms with Crippen molar-refractivity contribution in [3.63, 3.8) is 0 Å². The number of nitrogens with zero attached hydrogens (tertiary/aromatic N) is 5. The maximum Gasteiger partial charge on any atom is 0.241 e. The largest absolute Gasteiger partial charge is 0.481 e. The Kier molecular flexibility index (Phi) is 4.04. The van der Waals surface area contributed by atoms with Crippen molar-refractivity contribution in [1.29, 1.82) is 0 Å². The summed E-state index contributed by atoms with van der Waals surface area (Å²) in [5.41, 5.74) is 2.97. The van der Waals surface area contributed by atoms with Crippen LogP contribution < -0.4 is 4.74 Å². The third kappa shape index (κ3) is 2.82. The first kappa shape index (κ1) is 15.9. The Morgan fingerprint density at radius 1 is 1.40 bits per heavy atom. The Morgan fingerprint density at radius 3 is 3.04 bits per heavy atom. The summed E-state index contributed by atoms with van der Waals surface area (Å²) < 4.78 is 17.9. The van der Waals surface area contributed by atoms with Gasteiger partial charge in [-0.3, -0.25) is 4.90 Å². The van der Waals surface area contributed by atoms with E-state index in [-0.39, 0.29) is 6.04 Å². The van der Waals surface area contributed by atoms with Crippen LogP contribution in [-0.4, -0.2) is 38.5 Å². The van der Waals surface area contributed by atoms with Gasteiger partial charge in [0.2, 0.25) is 17.6 Å². The minimum absolute atomic E-state index is 0.243. The van der Waals surface area contributed by atoms with E-state index in [1.165, 1.54) is 0 Å². The van der Waals surface area contributed by atoms with Crippen LogP contribution in [0.2, 0.25) is 0 Å². The van der Waals surface area contributed by atoms with Crippen molar-refractivity contribution >= 4 is 0 Å². The molecule has 4 rings (SSSR count). The molecule has 132 valence electrons. The summed E-state index contributed by atoms with van der Waals surface area (Å²) in [6.07, 6.45) is 5.38. The van der Waals surface area contributed by atoms with Crippen LogP contribution in [0.3, 0.4) is 0 Å². The van der Waals surface area contributed by atoms with Gasteiger partial charge in [-0.15, -0.1) is 0 Å². The molecule has 1 fully saturated rings. The number of likely N-dealkylation sites (tertiary alicyclic amines) is 1. The van der Waals surface area contributed by atoms with Crippen LogP contribution in [0, 0.1) is 6.92 Å². The molecule has 0 aromatic carbocycles. The average Bonchev–Trinajstić information content (AvgIpc) is 3.35. The summed E-state index contributed by atoms with van der Waals surface area (Å²) in [5.74, 6) is 1.97. The molecule has 4 heterocycles. The molecule has 3 aromatic heterocycles. The number of hydrogen-bond donors (Lipinski definition) is 0. The van der Waals surface area contributed by atoms with Gasteiger partial charge in [0.1, 0.15) is 6.26 Å². The molecule has 0 radical (unpaired) electrons. The first-order valence-electron chi connectivity index (χ1n) is 8.34. The summed E-state index contributed by atoms with van der Waals surface area (Å²) in [6, 6.07) is 2.06. The van der Waals surface area contributed by atoms with Crippen molar-refractivity contribution in [3.8, 4) is 17.3 Å². The van der Waals surface area contributed by atoms with Crippen molar-refractivity contribution in [1.82, 2.24) is 24.8 Å². The summed E-state index contributed by atoms with van der Waals surface area (Å²) in [4.78, 5) is 6.83. The number of methoxy groups -OCH3 is 1. The van der Waals surface area contributed by atoms with E-state index in [0.717, 1.165) is 42.1 Å². The highest BCUT2D eigenvalue weighted by Crippen LogP contribution is 2.39. The van der Waals surface area contributed by atoms with Crippen LogP contribution in [0.4, 0.5) is 0 Å². The first-order chi connectivity index (χ1) is 12.2. The van der Waals surface area contributed by atoms with E-state index in [1.54, 1.807) is 24.3 Å². The number of rotatable bonds is 5. The van der Waals surface area contributed by atoms with Gasteiger partial charge in [-0.1, -0.05) is 5.16 Å². The van der Waals surface area contributed by atoms with E-state index in [4.69, 9.17) is 13.7 Å². The maximum absolute atomic E-state index is 5.57. The predicted octanol–water partition coefficient (Wildman–Crippen LogP) is 2.72. The summed E-state index contributed by atoms with van der Waals surface area (Å²) in [7, 11) is 3.60. The topological polar surface area (TPSA) is 82.3 Å². The number of aromatic nitrogens is 4. The standard InChI is InChI=1S/C17H21N5O3/c1-11-15(17(23-3)21(2)19-11)13-5-4-7-22(13)9-14-18-16(20-25-14)12-6-8-24-10-12/h6,8,10,13H,4-5,7,9H2,1-3H3/t13-/m1/s1. The summed E-state index contributed by atoms with van der Waals surface area (Å²) >= 11 is 0. The molecular weight excluding hydrogens is 322 g/mol. The molecule has 0 bridgehead atoms. The van der Waals surface area contributed by atoms with E-state index >= 15 is 0 Å². The summed E-state index contributed by atoms with van der Waals surface area (Å²) in [6.45, 7) is 3.61. The highest BCUT2D eigenvalue weighted by molar-refractivity contribution is 5.51. The van der Waals surface area contributed by atoms with E-state index in [1.807, 2.05) is 20.0 Å². The van der Waals surface area contributed by atoms with Gasteiger partial charge < -0.3 is 13.7 Å². The zero-order valence-corrected chi connectivity index (χ0v) is 14.6. The number of hydrogen-bond acceptors (Lipinski definition) is 7. The van der Waals surface area contributed by atoms with Crippen molar-refractivity contribution in [2.75, 3.05) is 13.7 Å². The normalized spacial score (nSPS) is 18.1. The Labute approximate surface area is 145 Å². The molecule has 0 saturated carbocycles. The molecule has 0 amide bonds. The van der Waals surface area contributed by atoms with Crippen molar-refractivity contribution in [2.45, 2.75) is 32.4 Å². The number of furan rings is 1. The Hall–Kier alpha value is -2.61. The monoisotopic (exact) mass is 343 g/mol. The fourth-order valence-electron chi connectivity index (χ4n) is 3.62. The van der Waals surface area contributed by atoms with E-state index < -0.39 is 0 Å². The molecule has 8 nitrogen and oxygen atoms in total. The highest BCUT2D eigenvalue weighted by Gasteiger charge is 2.33. The van der Waals surface area contributed by atoms with Gasteiger partial charge in [0, 0.05) is 13.1 Å². The fourth-order valence-corrected chi connectivity index (χ4v) is 3.62. The van der Waals surface area contributed by atoms with Crippen molar-refractivity contribution in [3.05, 3.63) is 35.7 Å². The molecule has 8 heteroatoms. The van der Waals surface area contributed by atoms with E-state index in [0.29, 0.717) is 18.3 Å². The first-order valence-corrected chi connectivity index (χ1v) is 8.34.